The summed E-state index contributed by atoms with van der Waals surface area (Å²) in [6.07, 6.45) is 3.18. The second kappa shape index (κ2) is 4.89. The fourth-order valence-corrected chi connectivity index (χ4v) is 1.71. The fourth-order valence-electron chi connectivity index (χ4n) is 1.71. The zero-order valence-corrected chi connectivity index (χ0v) is 10.3. The number of nitrogens with zero attached hydrogens (tertiary/aromatic N) is 3. The Bertz CT molecular complexity index is 663. The van der Waals surface area contributed by atoms with E-state index in [0.717, 1.165) is 11.3 Å². The summed E-state index contributed by atoms with van der Waals surface area (Å²) in [5.74, 6) is 2.01. The van der Waals surface area contributed by atoms with Gasteiger partial charge in [-0.25, -0.2) is 4.98 Å². The van der Waals surface area contributed by atoms with Crippen LogP contribution >= 0.6 is 0 Å². The van der Waals surface area contributed by atoms with Gasteiger partial charge in [-0.1, -0.05) is 0 Å². The minimum Gasteiger partial charge on any atom is -0.497 e. The molecule has 0 aliphatic carbocycles. The number of furan rings is 1. The molecule has 0 aliphatic rings. The van der Waals surface area contributed by atoms with Crippen LogP contribution in [0.2, 0.25) is 0 Å². The Morgan fingerprint density at radius 1 is 1.11 bits per heavy atom. The molecule has 0 bridgehead atoms. The van der Waals surface area contributed by atoms with Crippen molar-refractivity contribution in [1.82, 2.24) is 15.2 Å². The number of hydrogen-bond acceptors (Lipinski definition) is 5. The zero-order valence-electron chi connectivity index (χ0n) is 10.3. The van der Waals surface area contributed by atoms with Gasteiger partial charge in [0.05, 0.1) is 19.6 Å². The lowest BCUT2D eigenvalue weighted by molar-refractivity contribution is 0.415. The molecule has 1 aromatic carbocycles. The predicted octanol–water partition coefficient (Wildman–Crippen LogP) is 2.81. The first kappa shape index (κ1) is 11.4. The third-order valence-electron chi connectivity index (χ3n) is 2.68. The number of methoxy groups -OCH3 is 1. The second-order valence-corrected chi connectivity index (χ2v) is 3.87. The minimum atomic E-state index is 0.552. The van der Waals surface area contributed by atoms with Gasteiger partial charge in [0.1, 0.15) is 11.4 Å². The van der Waals surface area contributed by atoms with Crippen LogP contribution in [-0.2, 0) is 0 Å². The van der Waals surface area contributed by atoms with E-state index >= 15 is 0 Å². The van der Waals surface area contributed by atoms with E-state index in [2.05, 4.69) is 15.2 Å². The van der Waals surface area contributed by atoms with Gasteiger partial charge in [-0.15, -0.1) is 5.10 Å². The van der Waals surface area contributed by atoms with Gasteiger partial charge in [0, 0.05) is 5.56 Å². The summed E-state index contributed by atoms with van der Waals surface area (Å²) in [7, 11) is 1.63. The maximum atomic E-state index is 5.30. The van der Waals surface area contributed by atoms with Gasteiger partial charge in [-0.3, -0.25) is 0 Å². The lowest BCUT2D eigenvalue weighted by Crippen LogP contribution is -1.94. The summed E-state index contributed by atoms with van der Waals surface area (Å²) >= 11 is 0. The highest BCUT2D eigenvalue weighted by atomic mass is 16.5. The molecule has 19 heavy (non-hydrogen) atoms. The Morgan fingerprint density at radius 3 is 2.63 bits per heavy atom. The van der Waals surface area contributed by atoms with Gasteiger partial charge in [0.25, 0.3) is 0 Å². The molecule has 3 aromatic rings. The number of benzene rings is 1. The standard InChI is InChI=1S/C14H11N3O2/c1-18-11-6-4-10(5-7-11)14-16-12(9-15-17-14)13-3-2-8-19-13/h2-9H,1H3. The molecule has 0 aliphatic heterocycles. The second-order valence-electron chi connectivity index (χ2n) is 3.87. The van der Waals surface area contributed by atoms with E-state index in [1.165, 1.54) is 0 Å². The van der Waals surface area contributed by atoms with Gasteiger partial charge < -0.3 is 9.15 Å². The lowest BCUT2D eigenvalue weighted by atomic mass is 10.2. The van der Waals surface area contributed by atoms with Crippen molar-refractivity contribution in [3.63, 3.8) is 0 Å². The molecule has 0 saturated heterocycles. The van der Waals surface area contributed by atoms with Crippen LogP contribution in [0, 0.1) is 0 Å². The van der Waals surface area contributed by atoms with Crippen LogP contribution in [0.5, 0.6) is 5.75 Å². The van der Waals surface area contributed by atoms with Gasteiger partial charge in [-0.2, -0.15) is 5.10 Å². The van der Waals surface area contributed by atoms with Gasteiger partial charge >= 0.3 is 0 Å². The normalized spacial score (nSPS) is 10.4. The first-order chi connectivity index (χ1) is 9.36. The first-order valence-electron chi connectivity index (χ1n) is 5.75. The van der Waals surface area contributed by atoms with Crippen molar-refractivity contribution in [3.8, 4) is 28.6 Å². The molecule has 0 fully saturated rings. The van der Waals surface area contributed by atoms with Gasteiger partial charge in [0.15, 0.2) is 11.6 Å². The average molecular weight is 253 g/mol. The number of hydrogen-bond donors (Lipinski definition) is 0. The van der Waals surface area contributed by atoms with Gasteiger partial charge in [0.2, 0.25) is 0 Å². The van der Waals surface area contributed by atoms with E-state index in [0.29, 0.717) is 17.3 Å². The molecule has 0 unspecified atom stereocenters. The van der Waals surface area contributed by atoms with Crippen molar-refractivity contribution in [3.05, 3.63) is 48.9 Å². The van der Waals surface area contributed by atoms with E-state index in [1.807, 2.05) is 36.4 Å². The summed E-state index contributed by atoms with van der Waals surface area (Å²) in [4.78, 5) is 4.43. The van der Waals surface area contributed by atoms with Crippen LogP contribution in [-0.4, -0.2) is 22.3 Å². The molecule has 5 nitrogen and oxygen atoms in total. The van der Waals surface area contributed by atoms with Crippen molar-refractivity contribution in [2.24, 2.45) is 0 Å². The molecule has 0 atom stereocenters. The SMILES string of the molecule is COc1ccc(-c2nncc(-c3ccco3)n2)cc1. The predicted molar refractivity (Wildman–Crippen MR) is 69.5 cm³/mol. The Kier molecular flexibility index (Phi) is 2.94. The quantitative estimate of drug-likeness (QED) is 0.718. The van der Waals surface area contributed by atoms with Crippen molar-refractivity contribution in [1.29, 1.82) is 0 Å². The Labute approximate surface area is 109 Å². The van der Waals surface area contributed by atoms with Crippen molar-refractivity contribution in [2.45, 2.75) is 0 Å². The molecule has 2 aromatic heterocycles. The van der Waals surface area contributed by atoms with Crippen LogP contribution in [0.3, 0.4) is 0 Å². The molecule has 0 spiro atoms. The highest BCUT2D eigenvalue weighted by Gasteiger charge is 2.07. The van der Waals surface area contributed by atoms with Crippen LogP contribution in [0.1, 0.15) is 0 Å². The van der Waals surface area contributed by atoms with E-state index in [-0.39, 0.29) is 0 Å². The molecule has 0 radical (unpaired) electrons. The highest BCUT2D eigenvalue weighted by Crippen LogP contribution is 2.21. The lowest BCUT2D eigenvalue weighted by Gasteiger charge is -2.02. The van der Waals surface area contributed by atoms with Crippen molar-refractivity contribution >= 4 is 0 Å². The highest BCUT2D eigenvalue weighted by molar-refractivity contribution is 5.59. The molecule has 0 N–H and O–H groups in total. The molecule has 0 saturated carbocycles. The Hall–Kier alpha value is -2.69. The molecule has 2 heterocycles. The van der Waals surface area contributed by atoms with Crippen LogP contribution < -0.4 is 4.74 Å². The number of ether oxygens (including phenoxy) is 1. The van der Waals surface area contributed by atoms with E-state index in [1.54, 1.807) is 19.6 Å². The number of rotatable bonds is 3. The van der Waals surface area contributed by atoms with E-state index in [4.69, 9.17) is 9.15 Å². The van der Waals surface area contributed by atoms with Gasteiger partial charge in [-0.05, 0) is 36.4 Å². The Morgan fingerprint density at radius 2 is 1.95 bits per heavy atom. The zero-order chi connectivity index (χ0) is 13.1. The fraction of sp³-hybridized carbons (Fsp3) is 0.0714. The molecular weight excluding hydrogens is 242 g/mol. The summed E-state index contributed by atoms with van der Waals surface area (Å²) in [5, 5.41) is 7.99. The van der Waals surface area contributed by atoms with Crippen molar-refractivity contribution in [2.75, 3.05) is 7.11 Å². The molecule has 94 valence electrons. The first-order valence-corrected chi connectivity index (χ1v) is 5.75. The summed E-state index contributed by atoms with van der Waals surface area (Å²) in [6, 6.07) is 11.1. The number of aromatic nitrogens is 3. The third-order valence-corrected chi connectivity index (χ3v) is 2.68. The van der Waals surface area contributed by atoms with Crippen molar-refractivity contribution < 1.29 is 9.15 Å². The smallest absolute Gasteiger partial charge is 0.182 e. The topological polar surface area (TPSA) is 61.0 Å². The van der Waals surface area contributed by atoms with Crippen LogP contribution in [0.4, 0.5) is 0 Å². The summed E-state index contributed by atoms with van der Waals surface area (Å²) < 4.78 is 10.4. The third kappa shape index (κ3) is 2.30. The maximum absolute atomic E-state index is 5.30. The summed E-state index contributed by atoms with van der Waals surface area (Å²) in [6.45, 7) is 0. The van der Waals surface area contributed by atoms with Crippen LogP contribution in [0.15, 0.2) is 53.3 Å². The molecule has 0 amide bonds. The molecular formula is C14H11N3O2. The average Bonchev–Trinajstić information content (AvgIpc) is 3.02. The monoisotopic (exact) mass is 253 g/mol. The van der Waals surface area contributed by atoms with E-state index in [9.17, 15) is 0 Å². The molecule has 3 rings (SSSR count). The minimum absolute atomic E-state index is 0.552. The van der Waals surface area contributed by atoms with E-state index < -0.39 is 0 Å². The maximum Gasteiger partial charge on any atom is 0.182 e. The van der Waals surface area contributed by atoms with Crippen LogP contribution in [0.25, 0.3) is 22.8 Å². The molecule has 5 heteroatoms. The largest absolute Gasteiger partial charge is 0.497 e. The summed E-state index contributed by atoms with van der Waals surface area (Å²) in [5.41, 5.74) is 1.53. The Balaban J connectivity index is 1.98.